The van der Waals surface area contributed by atoms with E-state index in [1.807, 2.05) is 6.92 Å². The number of nitrogens with one attached hydrogen (secondary N) is 2. The molecule has 3 aromatic heterocycles. The lowest BCUT2D eigenvalue weighted by Gasteiger charge is -2.03. The number of rotatable bonds is 7. The average Bonchev–Trinajstić information content (AvgIpc) is 3.33. The molecule has 0 bridgehead atoms. The van der Waals surface area contributed by atoms with E-state index in [-0.39, 0.29) is 17.4 Å². The third-order valence-corrected chi connectivity index (χ3v) is 4.90. The Bertz CT molecular complexity index is 879. The molecule has 0 fully saturated rings. The van der Waals surface area contributed by atoms with E-state index in [1.54, 1.807) is 24.3 Å². The van der Waals surface area contributed by atoms with E-state index in [9.17, 15) is 9.59 Å². The highest BCUT2D eigenvalue weighted by atomic mass is 32.2. The minimum absolute atomic E-state index is 0.161. The van der Waals surface area contributed by atoms with Gasteiger partial charge in [0.15, 0.2) is 11.6 Å². The Balaban J connectivity index is 1.48. The van der Waals surface area contributed by atoms with Gasteiger partial charge in [-0.1, -0.05) is 30.0 Å². The number of aryl methyl sites for hydroxylation is 1. The summed E-state index contributed by atoms with van der Waals surface area (Å²) in [5.41, 5.74) is 0. The van der Waals surface area contributed by atoms with Crippen LogP contribution in [-0.2, 0) is 11.2 Å². The maximum Gasteiger partial charge on any atom is 0.292 e. The van der Waals surface area contributed by atoms with Gasteiger partial charge in [-0.2, -0.15) is 0 Å². The van der Waals surface area contributed by atoms with Crippen LogP contribution in [-0.4, -0.2) is 38.0 Å². The highest BCUT2D eigenvalue weighted by Gasteiger charge is 2.11. The van der Waals surface area contributed by atoms with Crippen molar-refractivity contribution in [1.29, 1.82) is 0 Å². The van der Waals surface area contributed by atoms with Gasteiger partial charge < -0.3 is 9.73 Å². The quantitative estimate of drug-likeness (QED) is 0.590. The topological polar surface area (TPSA) is 123 Å². The van der Waals surface area contributed by atoms with E-state index in [0.29, 0.717) is 16.0 Å². The minimum Gasteiger partial charge on any atom is -0.459 e. The van der Waals surface area contributed by atoms with Crippen molar-refractivity contribution in [3.63, 3.8) is 0 Å². The normalized spacial score (nSPS) is 10.5. The molecule has 2 N–H and O–H groups in total. The fraction of sp³-hybridized carbons (Fsp3) is 0.200. The van der Waals surface area contributed by atoms with E-state index in [2.05, 4.69) is 31.0 Å². The van der Waals surface area contributed by atoms with Crippen LogP contribution in [0, 0.1) is 0 Å². The number of carbonyl (C=O) groups excluding carboxylic acids is 2. The first-order valence-corrected chi connectivity index (χ1v) is 9.38. The predicted octanol–water partition coefficient (Wildman–Crippen LogP) is 2.47. The number of nitrogens with zero attached hydrogens (tertiary/aromatic N) is 4. The summed E-state index contributed by atoms with van der Waals surface area (Å²) < 4.78 is 5.00. The average molecular weight is 390 g/mol. The number of amides is 2. The van der Waals surface area contributed by atoms with Crippen molar-refractivity contribution in [2.45, 2.75) is 18.4 Å². The Hall–Kier alpha value is -2.79. The monoisotopic (exact) mass is 390 g/mol. The molecule has 9 nitrogen and oxygen atoms in total. The third-order valence-electron chi connectivity index (χ3n) is 2.99. The largest absolute Gasteiger partial charge is 0.459 e. The summed E-state index contributed by atoms with van der Waals surface area (Å²) in [6, 6.07) is 6.44. The SMILES string of the molecule is CCc1nnc(NC(=O)CSc2ccc(NC(=O)c3ccco3)nn2)s1. The van der Waals surface area contributed by atoms with E-state index in [0.717, 1.165) is 11.4 Å². The molecule has 0 aliphatic heterocycles. The van der Waals surface area contributed by atoms with E-state index >= 15 is 0 Å². The molecule has 3 rings (SSSR count). The van der Waals surface area contributed by atoms with Crippen molar-refractivity contribution in [3.8, 4) is 0 Å². The van der Waals surface area contributed by atoms with E-state index in [1.165, 1.54) is 29.4 Å². The molecule has 2 amide bonds. The zero-order valence-electron chi connectivity index (χ0n) is 13.6. The summed E-state index contributed by atoms with van der Waals surface area (Å²) in [5, 5.41) is 22.9. The highest BCUT2D eigenvalue weighted by Crippen LogP contribution is 2.18. The number of hydrogen-bond donors (Lipinski definition) is 2. The fourth-order valence-electron chi connectivity index (χ4n) is 1.79. The summed E-state index contributed by atoms with van der Waals surface area (Å²) in [6.07, 6.45) is 2.19. The Morgan fingerprint density at radius 1 is 1.15 bits per heavy atom. The van der Waals surface area contributed by atoms with Crippen LogP contribution in [0.3, 0.4) is 0 Å². The Kier molecular flexibility index (Phi) is 5.92. The fourth-order valence-corrected chi connectivity index (χ4v) is 3.10. The molecule has 11 heteroatoms. The molecular formula is C15H14N6O3S2. The van der Waals surface area contributed by atoms with Gasteiger partial charge in [-0.25, -0.2) is 0 Å². The van der Waals surface area contributed by atoms with Gasteiger partial charge in [0, 0.05) is 0 Å². The molecule has 0 aliphatic carbocycles. The lowest BCUT2D eigenvalue weighted by molar-refractivity contribution is -0.113. The van der Waals surface area contributed by atoms with Gasteiger partial charge in [0.25, 0.3) is 5.91 Å². The van der Waals surface area contributed by atoms with Crippen LogP contribution in [0.5, 0.6) is 0 Å². The van der Waals surface area contributed by atoms with Crippen LogP contribution in [0.15, 0.2) is 40.0 Å². The van der Waals surface area contributed by atoms with Gasteiger partial charge in [-0.15, -0.1) is 20.4 Å². The summed E-state index contributed by atoms with van der Waals surface area (Å²) in [7, 11) is 0. The van der Waals surface area contributed by atoms with Gasteiger partial charge in [0.2, 0.25) is 11.0 Å². The molecule has 0 saturated heterocycles. The van der Waals surface area contributed by atoms with E-state index < -0.39 is 5.91 Å². The van der Waals surface area contributed by atoms with E-state index in [4.69, 9.17) is 4.42 Å². The van der Waals surface area contributed by atoms with Gasteiger partial charge in [0.05, 0.1) is 12.0 Å². The van der Waals surface area contributed by atoms with Crippen molar-refractivity contribution in [2.24, 2.45) is 0 Å². The van der Waals surface area contributed by atoms with Gasteiger partial charge >= 0.3 is 0 Å². The second-order valence-electron chi connectivity index (χ2n) is 4.88. The van der Waals surface area contributed by atoms with Crippen LogP contribution in [0.2, 0.25) is 0 Å². The van der Waals surface area contributed by atoms with Gasteiger partial charge in [-0.05, 0) is 30.7 Å². The third kappa shape index (κ3) is 4.86. The van der Waals surface area contributed by atoms with Crippen LogP contribution >= 0.6 is 23.1 Å². The number of anilines is 2. The predicted molar refractivity (Wildman–Crippen MR) is 97.3 cm³/mol. The number of hydrogen-bond acceptors (Lipinski definition) is 9. The van der Waals surface area contributed by atoms with Crippen LogP contribution in [0.4, 0.5) is 10.9 Å². The van der Waals surface area contributed by atoms with Crippen molar-refractivity contribution in [1.82, 2.24) is 20.4 Å². The van der Waals surface area contributed by atoms with Crippen molar-refractivity contribution in [3.05, 3.63) is 41.3 Å². The first-order valence-electron chi connectivity index (χ1n) is 7.57. The van der Waals surface area contributed by atoms with Crippen molar-refractivity contribution < 1.29 is 14.0 Å². The molecule has 3 aromatic rings. The summed E-state index contributed by atoms with van der Waals surface area (Å²) >= 11 is 2.58. The molecule has 0 unspecified atom stereocenters. The number of furan rings is 1. The second kappa shape index (κ2) is 8.54. The Morgan fingerprint density at radius 3 is 2.69 bits per heavy atom. The molecule has 0 saturated carbocycles. The first-order chi connectivity index (χ1) is 12.6. The molecule has 3 heterocycles. The Morgan fingerprint density at radius 2 is 2.04 bits per heavy atom. The molecule has 0 aliphatic rings. The highest BCUT2D eigenvalue weighted by molar-refractivity contribution is 7.99. The molecule has 26 heavy (non-hydrogen) atoms. The molecule has 0 atom stereocenters. The summed E-state index contributed by atoms with van der Waals surface area (Å²) in [5.74, 6) is 0.0257. The van der Waals surface area contributed by atoms with Crippen molar-refractivity contribution >= 4 is 45.9 Å². The first kappa shape index (κ1) is 18.0. The second-order valence-corrected chi connectivity index (χ2v) is 6.94. The van der Waals surface area contributed by atoms with Gasteiger partial charge in [0.1, 0.15) is 10.0 Å². The molecule has 0 aromatic carbocycles. The van der Waals surface area contributed by atoms with Gasteiger partial charge in [-0.3, -0.25) is 14.9 Å². The van der Waals surface area contributed by atoms with Crippen molar-refractivity contribution in [2.75, 3.05) is 16.4 Å². The van der Waals surface area contributed by atoms with Crippen LogP contribution in [0.1, 0.15) is 22.5 Å². The molecular weight excluding hydrogens is 376 g/mol. The maximum atomic E-state index is 11.9. The standard InChI is InChI=1S/C15H14N6O3S2/c1-2-12-19-21-15(26-12)17-11(22)8-25-13-6-5-10(18-20-13)16-14(23)9-4-3-7-24-9/h3-7H,2,8H2,1H3,(H,16,18,23)(H,17,21,22). The number of aromatic nitrogens is 4. The molecule has 134 valence electrons. The smallest absolute Gasteiger partial charge is 0.292 e. The summed E-state index contributed by atoms with van der Waals surface area (Å²) in [6.45, 7) is 1.97. The molecule has 0 spiro atoms. The van der Waals surface area contributed by atoms with Crippen LogP contribution < -0.4 is 10.6 Å². The van der Waals surface area contributed by atoms with Crippen LogP contribution in [0.25, 0.3) is 0 Å². The maximum absolute atomic E-state index is 11.9. The molecule has 0 radical (unpaired) electrons. The summed E-state index contributed by atoms with van der Waals surface area (Å²) in [4.78, 5) is 23.7. The lowest BCUT2D eigenvalue weighted by atomic mass is 10.4. The minimum atomic E-state index is -0.410. The zero-order valence-corrected chi connectivity index (χ0v) is 15.3. The number of thioether (sulfide) groups is 1. The Labute approximate surface area is 156 Å². The number of carbonyl (C=O) groups is 2. The lowest BCUT2D eigenvalue weighted by Crippen LogP contribution is -2.14. The zero-order chi connectivity index (χ0) is 18.4.